The number of nitrogens with zero attached hydrogens (tertiary/aromatic N) is 4. The lowest BCUT2D eigenvalue weighted by atomic mass is 10.1. The third kappa shape index (κ3) is 4.47. The molecule has 0 radical (unpaired) electrons. The molecule has 31 heavy (non-hydrogen) atoms. The van der Waals surface area contributed by atoms with E-state index in [9.17, 15) is 4.79 Å². The van der Waals surface area contributed by atoms with E-state index in [0.29, 0.717) is 16.9 Å². The van der Waals surface area contributed by atoms with Gasteiger partial charge in [0, 0.05) is 30.9 Å². The average Bonchev–Trinajstić information content (AvgIpc) is 2.79. The number of nitrogen functional groups attached to an aromatic ring is 1. The van der Waals surface area contributed by atoms with Crippen LogP contribution in [0.3, 0.4) is 0 Å². The van der Waals surface area contributed by atoms with Crippen LogP contribution < -0.4 is 21.7 Å². The minimum Gasteiger partial charge on any atom is -0.397 e. The second-order valence-electron chi connectivity index (χ2n) is 7.52. The first-order valence-electron chi connectivity index (χ1n) is 10.1. The largest absolute Gasteiger partial charge is 0.397 e. The van der Waals surface area contributed by atoms with E-state index in [1.54, 1.807) is 42.7 Å². The Hall–Kier alpha value is -3.96. The van der Waals surface area contributed by atoms with Crippen molar-refractivity contribution in [2.75, 3.05) is 29.0 Å². The summed E-state index contributed by atoms with van der Waals surface area (Å²) in [6, 6.07) is 14.5. The number of amides is 1. The number of nitrogens with one attached hydrogen (secondary N) is 1. The molecule has 1 aromatic carbocycles. The summed E-state index contributed by atoms with van der Waals surface area (Å²) in [6.45, 7) is 1.59. The van der Waals surface area contributed by atoms with Crippen LogP contribution in [-0.2, 0) is 0 Å². The lowest BCUT2D eigenvalue weighted by Crippen LogP contribution is -2.43. The van der Waals surface area contributed by atoms with E-state index >= 15 is 0 Å². The lowest BCUT2D eigenvalue weighted by molar-refractivity contribution is 0.102. The highest BCUT2D eigenvalue weighted by atomic mass is 16.1. The number of rotatable bonds is 4. The van der Waals surface area contributed by atoms with Crippen LogP contribution in [0.25, 0.3) is 11.3 Å². The highest BCUT2D eigenvalue weighted by Gasteiger charge is 2.21. The predicted molar refractivity (Wildman–Crippen MR) is 120 cm³/mol. The normalized spacial score (nSPS) is 15.9. The maximum absolute atomic E-state index is 13.1. The quantitative estimate of drug-likeness (QED) is 0.599. The molecule has 0 aliphatic carbocycles. The van der Waals surface area contributed by atoms with Gasteiger partial charge in [0.15, 0.2) is 5.69 Å². The van der Waals surface area contributed by atoms with Crippen LogP contribution >= 0.6 is 0 Å². The van der Waals surface area contributed by atoms with Crippen molar-refractivity contribution in [2.45, 2.75) is 18.9 Å². The molecule has 1 saturated heterocycles. The number of nitriles is 1. The first kappa shape index (κ1) is 20.3. The molecule has 2 aromatic heterocycles. The number of carbonyl (C=O) groups excluding carboxylic acids is 1. The molecule has 8 nitrogen and oxygen atoms in total. The lowest BCUT2D eigenvalue weighted by Gasteiger charge is -2.33. The number of piperidine rings is 1. The monoisotopic (exact) mass is 413 g/mol. The minimum atomic E-state index is -0.425. The van der Waals surface area contributed by atoms with Gasteiger partial charge in [-0.2, -0.15) is 5.26 Å². The number of hydrogen-bond donors (Lipinski definition) is 3. The van der Waals surface area contributed by atoms with Gasteiger partial charge in [-0.25, -0.2) is 4.98 Å². The first-order valence-corrected chi connectivity index (χ1v) is 10.1. The van der Waals surface area contributed by atoms with E-state index in [1.165, 1.54) is 0 Å². The summed E-state index contributed by atoms with van der Waals surface area (Å²) >= 11 is 0. The molecule has 1 aliphatic heterocycles. The average molecular weight is 413 g/mol. The maximum atomic E-state index is 13.1. The molecular weight excluding hydrogens is 390 g/mol. The van der Waals surface area contributed by atoms with Crippen LogP contribution in [0.5, 0.6) is 0 Å². The molecular formula is C23H23N7O. The number of anilines is 3. The van der Waals surface area contributed by atoms with Gasteiger partial charge in [0.2, 0.25) is 0 Å². The molecule has 156 valence electrons. The van der Waals surface area contributed by atoms with Crippen molar-refractivity contribution in [3.05, 3.63) is 66.1 Å². The van der Waals surface area contributed by atoms with Crippen LogP contribution in [0.1, 0.15) is 28.9 Å². The molecule has 5 N–H and O–H groups in total. The van der Waals surface area contributed by atoms with Crippen molar-refractivity contribution in [2.24, 2.45) is 5.73 Å². The third-order valence-corrected chi connectivity index (χ3v) is 5.27. The summed E-state index contributed by atoms with van der Waals surface area (Å²) in [4.78, 5) is 23.8. The zero-order chi connectivity index (χ0) is 21.8. The van der Waals surface area contributed by atoms with Gasteiger partial charge in [0.25, 0.3) is 5.91 Å². The number of hydrogen-bond acceptors (Lipinski definition) is 7. The van der Waals surface area contributed by atoms with E-state index in [0.717, 1.165) is 37.2 Å². The highest BCUT2D eigenvalue weighted by molar-refractivity contribution is 6.07. The van der Waals surface area contributed by atoms with Crippen molar-refractivity contribution >= 4 is 23.0 Å². The Kier molecular flexibility index (Phi) is 5.78. The van der Waals surface area contributed by atoms with E-state index in [1.807, 2.05) is 12.1 Å². The van der Waals surface area contributed by atoms with E-state index in [-0.39, 0.29) is 17.4 Å². The maximum Gasteiger partial charge on any atom is 0.276 e. The highest BCUT2D eigenvalue weighted by Crippen LogP contribution is 2.28. The zero-order valence-electron chi connectivity index (χ0n) is 17.0. The summed E-state index contributed by atoms with van der Waals surface area (Å²) < 4.78 is 0. The minimum absolute atomic E-state index is 0.101. The topological polar surface area (TPSA) is 134 Å². The fourth-order valence-corrected chi connectivity index (χ4v) is 3.73. The van der Waals surface area contributed by atoms with Gasteiger partial charge in [-0.3, -0.25) is 9.78 Å². The molecule has 0 spiro atoms. The van der Waals surface area contributed by atoms with Crippen molar-refractivity contribution in [3.63, 3.8) is 0 Å². The standard InChI is InChI=1S/C23H23N7O/c24-12-15-3-1-4-16(11-15)19-7-6-18(26)22(28-19)23(31)29-20-13-27-9-8-21(20)30-10-2-5-17(25)14-30/h1,3-4,6-9,11,13,17H,2,5,10,14,25-26H2,(H,29,31)/t17-/m0/s1. The Labute approximate surface area is 180 Å². The molecule has 3 heterocycles. The van der Waals surface area contributed by atoms with Crippen molar-refractivity contribution in [1.82, 2.24) is 9.97 Å². The Morgan fingerprint density at radius 1 is 1.26 bits per heavy atom. The molecule has 1 amide bonds. The number of aromatic nitrogens is 2. The second kappa shape index (κ2) is 8.81. The summed E-state index contributed by atoms with van der Waals surface area (Å²) in [5, 5.41) is 12.0. The Morgan fingerprint density at radius 3 is 2.94 bits per heavy atom. The molecule has 1 atom stereocenters. The van der Waals surface area contributed by atoms with Gasteiger partial charge in [0.1, 0.15) is 0 Å². The third-order valence-electron chi connectivity index (χ3n) is 5.27. The van der Waals surface area contributed by atoms with Crippen molar-refractivity contribution in [3.8, 4) is 17.3 Å². The summed E-state index contributed by atoms with van der Waals surface area (Å²) in [5.74, 6) is -0.425. The fraction of sp³-hybridized carbons (Fsp3) is 0.217. The number of carbonyl (C=O) groups is 1. The Bertz CT molecular complexity index is 1150. The molecule has 3 aromatic rings. The van der Waals surface area contributed by atoms with Crippen LogP contribution in [0.15, 0.2) is 54.9 Å². The van der Waals surface area contributed by atoms with Crippen molar-refractivity contribution < 1.29 is 4.79 Å². The summed E-state index contributed by atoms with van der Waals surface area (Å²) in [6.07, 6.45) is 5.29. The SMILES string of the molecule is N#Cc1cccc(-c2ccc(N)c(C(=O)Nc3cnccc3N3CCC[C@H](N)C3)n2)c1. The molecule has 0 unspecified atom stereocenters. The van der Waals surface area contributed by atoms with E-state index in [4.69, 9.17) is 16.7 Å². The molecule has 0 saturated carbocycles. The van der Waals surface area contributed by atoms with Gasteiger partial charge in [-0.05, 0) is 43.2 Å². The van der Waals surface area contributed by atoms with Gasteiger partial charge in [-0.1, -0.05) is 12.1 Å². The fourth-order valence-electron chi connectivity index (χ4n) is 3.73. The smallest absolute Gasteiger partial charge is 0.276 e. The molecule has 0 bridgehead atoms. The van der Waals surface area contributed by atoms with E-state index in [2.05, 4.69) is 26.3 Å². The number of benzene rings is 1. The van der Waals surface area contributed by atoms with Crippen LogP contribution in [0.2, 0.25) is 0 Å². The first-order chi connectivity index (χ1) is 15.0. The van der Waals surface area contributed by atoms with Gasteiger partial charge < -0.3 is 21.7 Å². The van der Waals surface area contributed by atoms with Gasteiger partial charge in [0.05, 0.1) is 40.6 Å². The predicted octanol–water partition coefficient (Wildman–Crippen LogP) is 2.78. The summed E-state index contributed by atoms with van der Waals surface area (Å²) in [7, 11) is 0. The van der Waals surface area contributed by atoms with Crippen molar-refractivity contribution in [1.29, 1.82) is 5.26 Å². The van der Waals surface area contributed by atoms with Crippen LogP contribution in [-0.4, -0.2) is 35.0 Å². The van der Waals surface area contributed by atoms with Crippen LogP contribution in [0.4, 0.5) is 17.1 Å². The molecule has 4 rings (SSSR count). The van der Waals surface area contributed by atoms with Crippen LogP contribution in [0, 0.1) is 11.3 Å². The zero-order valence-corrected chi connectivity index (χ0v) is 17.0. The molecule has 1 fully saturated rings. The number of nitrogens with two attached hydrogens (primary N) is 2. The van der Waals surface area contributed by atoms with Gasteiger partial charge in [-0.15, -0.1) is 0 Å². The molecule has 1 aliphatic rings. The number of pyridine rings is 2. The Balaban J connectivity index is 1.62. The summed E-state index contributed by atoms with van der Waals surface area (Å²) in [5.41, 5.74) is 15.8. The van der Waals surface area contributed by atoms with E-state index < -0.39 is 5.91 Å². The molecule has 8 heteroatoms. The van der Waals surface area contributed by atoms with Gasteiger partial charge >= 0.3 is 0 Å². The Morgan fingerprint density at radius 2 is 2.13 bits per heavy atom. The second-order valence-corrected chi connectivity index (χ2v) is 7.52.